The first kappa shape index (κ1) is 7.31. The van der Waals surface area contributed by atoms with Crippen molar-refractivity contribution in [3.8, 4) is 0 Å². The van der Waals surface area contributed by atoms with E-state index in [0.717, 1.165) is 19.3 Å². The summed E-state index contributed by atoms with van der Waals surface area (Å²) >= 11 is 0. The van der Waals surface area contributed by atoms with Gasteiger partial charge in [0.05, 0.1) is 0 Å². The van der Waals surface area contributed by atoms with Crippen molar-refractivity contribution in [2.75, 3.05) is 0 Å². The van der Waals surface area contributed by atoms with E-state index < -0.39 is 5.09 Å². The highest BCUT2D eigenvalue weighted by molar-refractivity contribution is 4.71. The average molecular weight is 145 g/mol. The molecule has 1 fully saturated rings. The third-order valence-corrected chi connectivity index (χ3v) is 1.88. The van der Waals surface area contributed by atoms with Gasteiger partial charge in [0.15, 0.2) is 0 Å². The first-order valence-corrected chi connectivity index (χ1v) is 3.49. The summed E-state index contributed by atoms with van der Waals surface area (Å²) in [6.45, 7) is 2.09. The molecular weight excluding hydrogens is 134 g/mol. The Morgan fingerprint density at radius 2 is 2.30 bits per heavy atom. The molecule has 1 aliphatic carbocycles. The summed E-state index contributed by atoms with van der Waals surface area (Å²) in [5.74, 6) is 0.588. The van der Waals surface area contributed by atoms with Crippen LogP contribution in [0.2, 0.25) is 0 Å². The lowest BCUT2D eigenvalue weighted by molar-refractivity contribution is -0.768. The topological polar surface area (TPSA) is 52.4 Å². The molecule has 10 heavy (non-hydrogen) atoms. The Balaban J connectivity index is 2.24. The van der Waals surface area contributed by atoms with E-state index in [1.54, 1.807) is 0 Å². The zero-order chi connectivity index (χ0) is 7.56. The van der Waals surface area contributed by atoms with Gasteiger partial charge in [-0.15, -0.1) is 10.1 Å². The van der Waals surface area contributed by atoms with Crippen LogP contribution in [0, 0.1) is 16.0 Å². The molecule has 0 spiro atoms. The molecule has 4 nitrogen and oxygen atoms in total. The molecule has 0 radical (unpaired) electrons. The standard InChI is InChI=1S/C6H11NO3/c1-5-2-3-6(4-5)10-7(8)9/h5-6H,2-4H2,1H3. The van der Waals surface area contributed by atoms with Gasteiger partial charge in [0.1, 0.15) is 6.10 Å². The molecule has 0 amide bonds. The normalized spacial score (nSPS) is 32.1. The predicted octanol–water partition coefficient (Wildman–Crippen LogP) is 1.38. The summed E-state index contributed by atoms with van der Waals surface area (Å²) in [6, 6.07) is 0. The van der Waals surface area contributed by atoms with Crippen LogP contribution in [-0.2, 0) is 4.84 Å². The van der Waals surface area contributed by atoms with E-state index in [9.17, 15) is 10.1 Å². The molecule has 0 aromatic heterocycles. The fourth-order valence-corrected chi connectivity index (χ4v) is 1.37. The van der Waals surface area contributed by atoms with E-state index in [2.05, 4.69) is 11.8 Å². The highest BCUT2D eigenvalue weighted by atomic mass is 17.0. The van der Waals surface area contributed by atoms with Crippen molar-refractivity contribution in [2.45, 2.75) is 32.3 Å². The fraction of sp³-hybridized carbons (Fsp3) is 1.00. The van der Waals surface area contributed by atoms with Crippen LogP contribution in [0.3, 0.4) is 0 Å². The van der Waals surface area contributed by atoms with Crippen LogP contribution in [0.25, 0.3) is 0 Å². The van der Waals surface area contributed by atoms with Crippen LogP contribution in [0.15, 0.2) is 0 Å². The van der Waals surface area contributed by atoms with Crippen molar-refractivity contribution >= 4 is 0 Å². The quantitative estimate of drug-likeness (QED) is 0.435. The Hall–Kier alpha value is -0.800. The van der Waals surface area contributed by atoms with Crippen LogP contribution < -0.4 is 0 Å². The monoisotopic (exact) mass is 145 g/mol. The van der Waals surface area contributed by atoms with Gasteiger partial charge in [0.2, 0.25) is 0 Å². The summed E-state index contributed by atoms with van der Waals surface area (Å²) in [6.07, 6.45) is 2.59. The van der Waals surface area contributed by atoms with E-state index in [1.807, 2.05) is 0 Å². The SMILES string of the molecule is CC1CCC(O[N+](=O)[O-])C1. The third kappa shape index (κ3) is 1.86. The molecule has 0 bridgehead atoms. The highest BCUT2D eigenvalue weighted by Crippen LogP contribution is 2.26. The summed E-state index contributed by atoms with van der Waals surface area (Å²) in [5.41, 5.74) is 0. The van der Waals surface area contributed by atoms with Crippen molar-refractivity contribution < 1.29 is 9.92 Å². The number of hydrogen-bond acceptors (Lipinski definition) is 3. The van der Waals surface area contributed by atoms with Gasteiger partial charge in [-0.2, -0.15) is 0 Å². The molecule has 1 aliphatic rings. The molecule has 2 unspecified atom stereocenters. The molecule has 2 atom stereocenters. The second-order valence-electron chi connectivity index (χ2n) is 2.87. The zero-order valence-corrected chi connectivity index (χ0v) is 5.95. The molecule has 0 aliphatic heterocycles. The van der Waals surface area contributed by atoms with Crippen molar-refractivity contribution in [1.82, 2.24) is 0 Å². The predicted molar refractivity (Wildman–Crippen MR) is 34.9 cm³/mol. The lowest BCUT2D eigenvalue weighted by Crippen LogP contribution is -2.12. The second kappa shape index (κ2) is 2.86. The molecule has 0 N–H and O–H groups in total. The Morgan fingerprint density at radius 3 is 2.70 bits per heavy atom. The molecule has 0 heterocycles. The first-order chi connectivity index (χ1) is 4.68. The number of nitrogens with zero attached hydrogens (tertiary/aromatic N) is 1. The molecule has 0 aromatic rings. The van der Waals surface area contributed by atoms with Crippen molar-refractivity contribution in [3.63, 3.8) is 0 Å². The van der Waals surface area contributed by atoms with E-state index in [1.165, 1.54) is 0 Å². The van der Waals surface area contributed by atoms with Gasteiger partial charge < -0.3 is 4.84 Å². The second-order valence-corrected chi connectivity index (χ2v) is 2.87. The molecule has 1 rings (SSSR count). The van der Waals surface area contributed by atoms with Crippen LogP contribution in [-0.4, -0.2) is 11.2 Å². The molecule has 1 saturated carbocycles. The lowest BCUT2D eigenvalue weighted by Gasteiger charge is -2.04. The Labute approximate surface area is 59.3 Å². The van der Waals surface area contributed by atoms with Crippen LogP contribution in [0.5, 0.6) is 0 Å². The molecule has 0 saturated heterocycles. The lowest BCUT2D eigenvalue weighted by atomic mass is 10.1. The van der Waals surface area contributed by atoms with Gasteiger partial charge in [-0.3, -0.25) is 0 Å². The Kier molecular flexibility index (Phi) is 2.09. The minimum absolute atomic E-state index is 0.134. The summed E-state index contributed by atoms with van der Waals surface area (Å²) < 4.78 is 0. The van der Waals surface area contributed by atoms with Gasteiger partial charge in [-0.05, 0) is 25.2 Å². The smallest absolute Gasteiger partial charge is 0.294 e. The molecule has 4 heteroatoms. The first-order valence-electron chi connectivity index (χ1n) is 3.49. The third-order valence-electron chi connectivity index (χ3n) is 1.88. The highest BCUT2D eigenvalue weighted by Gasteiger charge is 2.23. The zero-order valence-electron chi connectivity index (χ0n) is 5.95. The maximum absolute atomic E-state index is 9.85. The number of hydrogen-bond donors (Lipinski definition) is 0. The van der Waals surface area contributed by atoms with E-state index >= 15 is 0 Å². The number of rotatable bonds is 2. The molecular formula is C6H11NO3. The summed E-state index contributed by atoms with van der Waals surface area (Å²) in [7, 11) is 0. The largest absolute Gasteiger partial charge is 0.311 e. The minimum Gasteiger partial charge on any atom is -0.311 e. The van der Waals surface area contributed by atoms with Gasteiger partial charge >= 0.3 is 0 Å². The van der Waals surface area contributed by atoms with E-state index in [4.69, 9.17) is 0 Å². The van der Waals surface area contributed by atoms with Gasteiger partial charge in [0, 0.05) is 0 Å². The van der Waals surface area contributed by atoms with Crippen LogP contribution in [0.4, 0.5) is 0 Å². The van der Waals surface area contributed by atoms with Crippen LogP contribution in [0.1, 0.15) is 26.2 Å². The molecule has 58 valence electrons. The minimum atomic E-state index is -0.692. The fourth-order valence-electron chi connectivity index (χ4n) is 1.37. The van der Waals surface area contributed by atoms with Gasteiger partial charge in [-0.25, -0.2) is 0 Å². The Morgan fingerprint density at radius 1 is 1.60 bits per heavy atom. The summed E-state index contributed by atoms with van der Waals surface area (Å²) in [5, 5.41) is 9.15. The average Bonchev–Trinajstić information content (AvgIpc) is 2.13. The van der Waals surface area contributed by atoms with Crippen molar-refractivity contribution in [3.05, 3.63) is 10.1 Å². The van der Waals surface area contributed by atoms with Gasteiger partial charge in [-0.1, -0.05) is 6.92 Å². The van der Waals surface area contributed by atoms with E-state index in [0.29, 0.717) is 5.92 Å². The van der Waals surface area contributed by atoms with Crippen molar-refractivity contribution in [2.24, 2.45) is 5.92 Å². The maximum Gasteiger partial charge on any atom is 0.294 e. The van der Waals surface area contributed by atoms with Crippen LogP contribution >= 0.6 is 0 Å². The van der Waals surface area contributed by atoms with E-state index in [-0.39, 0.29) is 6.10 Å². The maximum atomic E-state index is 9.85. The summed E-state index contributed by atoms with van der Waals surface area (Å²) in [4.78, 5) is 14.2. The van der Waals surface area contributed by atoms with Crippen molar-refractivity contribution in [1.29, 1.82) is 0 Å². The van der Waals surface area contributed by atoms with Gasteiger partial charge in [0.25, 0.3) is 5.09 Å². The molecule has 0 aromatic carbocycles. The Bertz CT molecular complexity index is 137.